The lowest BCUT2D eigenvalue weighted by Gasteiger charge is -2.15. The average molecular weight is 277 g/mol. The molecule has 1 atom stereocenters. The van der Waals surface area contributed by atoms with Crippen LogP contribution in [0.5, 0.6) is 0 Å². The van der Waals surface area contributed by atoms with E-state index in [1.807, 2.05) is 6.07 Å². The molecule has 0 spiro atoms. The average Bonchev–Trinajstić information content (AvgIpc) is 2.84. The van der Waals surface area contributed by atoms with Gasteiger partial charge in [0.05, 0.1) is 9.20 Å². The first-order valence-electron chi connectivity index (χ1n) is 4.23. The van der Waals surface area contributed by atoms with E-state index in [0.29, 0.717) is 12.8 Å². The minimum Gasteiger partial charge on any atom is -0.481 e. The Morgan fingerprint density at radius 2 is 2.21 bits per heavy atom. The number of carboxylic acid groups (broad SMARTS) is 1. The normalized spacial score (nSPS) is 20.4. The zero-order chi connectivity index (χ0) is 10.3. The minimum absolute atomic E-state index is 0.568. The first kappa shape index (κ1) is 10.1. The van der Waals surface area contributed by atoms with Crippen LogP contribution >= 0.6 is 27.3 Å². The van der Waals surface area contributed by atoms with Gasteiger partial charge in [-0.05, 0) is 40.9 Å². The number of aliphatic hydroxyl groups is 1. The van der Waals surface area contributed by atoms with E-state index in [1.54, 1.807) is 6.07 Å². The van der Waals surface area contributed by atoms with Crippen LogP contribution in [-0.2, 0) is 4.79 Å². The van der Waals surface area contributed by atoms with Crippen LogP contribution in [-0.4, -0.2) is 16.2 Å². The van der Waals surface area contributed by atoms with Crippen molar-refractivity contribution < 1.29 is 15.0 Å². The maximum atomic E-state index is 10.9. The fourth-order valence-corrected chi connectivity index (χ4v) is 3.01. The molecule has 76 valence electrons. The van der Waals surface area contributed by atoms with Gasteiger partial charge < -0.3 is 10.2 Å². The molecule has 0 saturated heterocycles. The van der Waals surface area contributed by atoms with Crippen molar-refractivity contribution >= 4 is 33.2 Å². The zero-order valence-electron chi connectivity index (χ0n) is 7.24. The van der Waals surface area contributed by atoms with Crippen molar-refractivity contribution in [3.63, 3.8) is 0 Å². The third-order valence-corrected chi connectivity index (χ3v) is 4.28. The molecule has 1 unspecified atom stereocenters. The minimum atomic E-state index is -0.912. The van der Waals surface area contributed by atoms with Gasteiger partial charge in [-0.2, -0.15) is 0 Å². The molecule has 1 aliphatic rings. The summed E-state index contributed by atoms with van der Waals surface area (Å²) in [5.74, 6) is -0.894. The van der Waals surface area contributed by atoms with Gasteiger partial charge in [-0.25, -0.2) is 0 Å². The molecule has 0 aliphatic heterocycles. The number of thiophene rings is 1. The first-order chi connectivity index (χ1) is 6.56. The Morgan fingerprint density at radius 1 is 1.57 bits per heavy atom. The molecular weight excluding hydrogens is 268 g/mol. The maximum Gasteiger partial charge on any atom is 0.312 e. The van der Waals surface area contributed by atoms with Gasteiger partial charge in [0.2, 0.25) is 0 Å². The van der Waals surface area contributed by atoms with Crippen LogP contribution in [0.3, 0.4) is 0 Å². The second kappa shape index (κ2) is 3.32. The van der Waals surface area contributed by atoms with Crippen LogP contribution in [0.15, 0.2) is 15.9 Å². The standard InChI is InChI=1S/C9H9BrO3S/c10-6-2-1-5(14-6)7(11)9(3-4-9)8(12)13/h1-2,7,11H,3-4H2,(H,12,13). The summed E-state index contributed by atoms with van der Waals surface area (Å²) in [7, 11) is 0. The van der Waals surface area contributed by atoms with Crippen LogP contribution in [0.25, 0.3) is 0 Å². The molecule has 1 aliphatic carbocycles. The Hall–Kier alpha value is -0.390. The van der Waals surface area contributed by atoms with Crippen LogP contribution in [0, 0.1) is 5.41 Å². The molecule has 1 fully saturated rings. The lowest BCUT2D eigenvalue weighted by atomic mass is 9.98. The highest BCUT2D eigenvalue weighted by molar-refractivity contribution is 9.11. The summed E-state index contributed by atoms with van der Waals surface area (Å²) in [4.78, 5) is 11.7. The molecule has 1 aromatic rings. The first-order valence-corrected chi connectivity index (χ1v) is 5.84. The van der Waals surface area contributed by atoms with Gasteiger partial charge >= 0.3 is 5.97 Å². The summed E-state index contributed by atoms with van der Waals surface area (Å²) in [6.07, 6.45) is 0.272. The Bertz CT molecular complexity index is 370. The molecule has 1 heterocycles. The van der Waals surface area contributed by atoms with Crippen molar-refractivity contribution in [2.75, 3.05) is 0 Å². The molecule has 1 aromatic heterocycles. The zero-order valence-corrected chi connectivity index (χ0v) is 9.64. The number of aliphatic carboxylic acids is 1. The van der Waals surface area contributed by atoms with Gasteiger partial charge in [-0.1, -0.05) is 0 Å². The summed E-state index contributed by atoms with van der Waals surface area (Å²) in [5.41, 5.74) is -0.912. The number of hydrogen-bond donors (Lipinski definition) is 2. The van der Waals surface area contributed by atoms with E-state index in [1.165, 1.54) is 11.3 Å². The predicted molar refractivity (Wildman–Crippen MR) is 56.3 cm³/mol. The number of aliphatic hydroxyl groups excluding tert-OH is 1. The summed E-state index contributed by atoms with van der Waals surface area (Å²) in [6, 6.07) is 3.59. The molecule has 2 rings (SSSR count). The molecule has 0 radical (unpaired) electrons. The quantitative estimate of drug-likeness (QED) is 0.892. The molecule has 2 N–H and O–H groups in total. The summed E-state index contributed by atoms with van der Waals surface area (Å²) in [5, 5.41) is 18.9. The SMILES string of the molecule is O=C(O)C1(C(O)c2ccc(Br)s2)CC1. The van der Waals surface area contributed by atoms with E-state index < -0.39 is 17.5 Å². The Kier molecular flexibility index (Phi) is 2.41. The Morgan fingerprint density at radius 3 is 2.57 bits per heavy atom. The number of carboxylic acids is 1. The van der Waals surface area contributed by atoms with Gasteiger partial charge in [0.15, 0.2) is 0 Å². The van der Waals surface area contributed by atoms with Crippen LogP contribution in [0.4, 0.5) is 0 Å². The summed E-state index contributed by atoms with van der Waals surface area (Å²) >= 11 is 4.67. The van der Waals surface area contributed by atoms with E-state index in [-0.39, 0.29) is 0 Å². The second-order valence-electron chi connectivity index (χ2n) is 3.51. The third-order valence-electron chi connectivity index (χ3n) is 2.60. The second-order valence-corrected chi connectivity index (χ2v) is 6.00. The summed E-state index contributed by atoms with van der Waals surface area (Å²) < 4.78 is 0.910. The highest BCUT2D eigenvalue weighted by Crippen LogP contribution is 2.56. The van der Waals surface area contributed by atoms with Crippen molar-refractivity contribution in [2.24, 2.45) is 5.41 Å². The van der Waals surface area contributed by atoms with Crippen molar-refractivity contribution in [1.82, 2.24) is 0 Å². The van der Waals surface area contributed by atoms with Crippen LogP contribution < -0.4 is 0 Å². The van der Waals surface area contributed by atoms with Gasteiger partial charge in [-0.15, -0.1) is 11.3 Å². The highest BCUT2D eigenvalue weighted by Gasteiger charge is 2.56. The van der Waals surface area contributed by atoms with E-state index in [2.05, 4.69) is 15.9 Å². The Balaban J connectivity index is 2.24. The Labute approximate surface area is 93.5 Å². The largest absolute Gasteiger partial charge is 0.481 e. The topological polar surface area (TPSA) is 57.5 Å². The lowest BCUT2D eigenvalue weighted by Crippen LogP contribution is -2.22. The number of hydrogen-bond acceptors (Lipinski definition) is 3. The number of rotatable bonds is 3. The highest BCUT2D eigenvalue weighted by atomic mass is 79.9. The molecule has 14 heavy (non-hydrogen) atoms. The molecule has 0 amide bonds. The molecule has 0 aromatic carbocycles. The fraction of sp³-hybridized carbons (Fsp3) is 0.444. The predicted octanol–water partition coefficient (Wildman–Crippen LogP) is 2.41. The van der Waals surface area contributed by atoms with Gasteiger partial charge in [0.25, 0.3) is 0 Å². The van der Waals surface area contributed by atoms with Crippen LogP contribution in [0.2, 0.25) is 0 Å². The fourth-order valence-electron chi connectivity index (χ4n) is 1.49. The molecule has 5 heteroatoms. The van der Waals surface area contributed by atoms with Crippen LogP contribution in [0.1, 0.15) is 23.8 Å². The smallest absolute Gasteiger partial charge is 0.312 e. The van der Waals surface area contributed by atoms with Gasteiger partial charge in [0.1, 0.15) is 6.10 Å². The van der Waals surface area contributed by atoms with E-state index in [9.17, 15) is 9.90 Å². The number of halogens is 1. The lowest BCUT2D eigenvalue weighted by molar-refractivity contribution is -0.148. The monoisotopic (exact) mass is 276 g/mol. The van der Waals surface area contributed by atoms with Gasteiger partial charge in [0, 0.05) is 4.88 Å². The molecule has 1 saturated carbocycles. The summed E-state index contributed by atoms with van der Waals surface area (Å²) in [6.45, 7) is 0. The third kappa shape index (κ3) is 1.49. The molecule has 3 nitrogen and oxygen atoms in total. The number of carbonyl (C=O) groups is 1. The van der Waals surface area contributed by atoms with Crippen molar-refractivity contribution in [2.45, 2.75) is 18.9 Å². The van der Waals surface area contributed by atoms with E-state index >= 15 is 0 Å². The van der Waals surface area contributed by atoms with Gasteiger partial charge in [-0.3, -0.25) is 4.79 Å². The maximum absolute atomic E-state index is 10.9. The van der Waals surface area contributed by atoms with Crippen molar-refractivity contribution in [1.29, 1.82) is 0 Å². The van der Waals surface area contributed by atoms with Crippen molar-refractivity contribution in [3.05, 3.63) is 20.8 Å². The van der Waals surface area contributed by atoms with E-state index in [4.69, 9.17) is 5.11 Å². The molecule has 0 bridgehead atoms. The molecular formula is C9H9BrO3S. The van der Waals surface area contributed by atoms with Crippen molar-refractivity contribution in [3.8, 4) is 0 Å². The van der Waals surface area contributed by atoms with E-state index in [0.717, 1.165) is 8.66 Å².